The molecule has 0 unspecified atom stereocenters. The topological polar surface area (TPSA) is 59.1 Å². The van der Waals surface area contributed by atoms with Gasteiger partial charge in [0.1, 0.15) is 0 Å². The normalized spacial score (nSPS) is 9.89. The number of nitrogens with two attached hydrogens (primary N) is 1. The number of aliphatic hydroxyl groups excluding tert-OH is 1. The summed E-state index contributed by atoms with van der Waals surface area (Å²) in [6.07, 6.45) is 1.60. The highest BCUT2D eigenvalue weighted by Crippen LogP contribution is 2.11. The predicted molar refractivity (Wildman–Crippen MR) is 37.0 cm³/mol. The third kappa shape index (κ3) is 1.65. The van der Waals surface area contributed by atoms with E-state index in [1.54, 1.807) is 11.8 Å². The quantitative estimate of drug-likeness (QED) is 0.624. The number of hydrogen-bond acceptors (Lipinski definition) is 4. The smallest absolute Gasteiger partial charge is 0.180 e. The van der Waals surface area contributed by atoms with Gasteiger partial charge in [-0.25, -0.2) is 4.98 Å². The van der Waals surface area contributed by atoms with Crippen LogP contribution in [0.4, 0.5) is 5.13 Å². The van der Waals surface area contributed by atoms with E-state index in [0.717, 1.165) is 5.69 Å². The third-order valence-corrected chi connectivity index (χ3v) is 1.53. The summed E-state index contributed by atoms with van der Waals surface area (Å²) in [4.78, 5) is 3.88. The second-order valence-corrected chi connectivity index (χ2v) is 2.39. The predicted octanol–water partition coefficient (Wildman–Crippen LogP) is 0.270. The maximum atomic E-state index is 8.40. The van der Waals surface area contributed by atoms with Crippen LogP contribution in [0.3, 0.4) is 0 Å². The zero-order chi connectivity index (χ0) is 6.69. The van der Waals surface area contributed by atoms with Gasteiger partial charge in [-0.1, -0.05) is 0 Å². The van der Waals surface area contributed by atoms with Gasteiger partial charge >= 0.3 is 0 Å². The highest BCUT2D eigenvalue weighted by Gasteiger charge is 1.95. The van der Waals surface area contributed by atoms with E-state index in [4.69, 9.17) is 10.8 Å². The van der Waals surface area contributed by atoms with Crippen molar-refractivity contribution in [2.45, 2.75) is 0 Å². The molecular weight excluding hydrogens is 136 g/mol. The van der Waals surface area contributed by atoms with Crippen molar-refractivity contribution < 1.29 is 5.11 Å². The molecule has 1 radical (unpaired) electrons. The number of nitrogen functional groups attached to an aromatic ring is 1. The Morgan fingerprint density at radius 3 is 3.11 bits per heavy atom. The van der Waals surface area contributed by atoms with Crippen LogP contribution in [-0.2, 0) is 0 Å². The SMILES string of the molecule is Nc1nc([CH]CO)cs1. The van der Waals surface area contributed by atoms with Crippen LogP contribution in [0.5, 0.6) is 0 Å². The van der Waals surface area contributed by atoms with Crippen LogP contribution < -0.4 is 5.73 Å². The lowest BCUT2D eigenvalue weighted by Crippen LogP contribution is -1.88. The van der Waals surface area contributed by atoms with E-state index in [0.29, 0.717) is 5.13 Å². The molecule has 1 aromatic heterocycles. The van der Waals surface area contributed by atoms with Crippen molar-refractivity contribution in [3.8, 4) is 0 Å². The summed E-state index contributed by atoms with van der Waals surface area (Å²) in [5.74, 6) is 0. The number of aliphatic hydroxyl groups is 1. The third-order valence-electron chi connectivity index (χ3n) is 0.840. The first-order chi connectivity index (χ1) is 4.33. The Balaban J connectivity index is 2.61. The van der Waals surface area contributed by atoms with Crippen molar-refractivity contribution in [2.24, 2.45) is 0 Å². The molecule has 1 rings (SSSR count). The molecule has 1 heterocycles. The molecule has 3 N–H and O–H groups in total. The summed E-state index contributed by atoms with van der Waals surface area (Å²) in [6.45, 7) is 0.0170. The van der Waals surface area contributed by atoms with Crippen LogP contribution in [-0.4, -0.2) is 16.7 Å². The number of nitrogens with zero attached hydrogens (tertiary/aromatic N) is 1. The second kappa shape index (κ2) is 2.80. The van der Waals surface area contributed by atoms with Gasteiger partial charge in [0.2, 0.25) is 0 Å². The molecule has 3 nitrogen and oxygen atoms in total. The van der Waals surface area contributed by atoms with Crippen LogP contribution >= 0.6 is 11.3 Å². The fourth-order valence-corrected chi connectivity index (χ4v) is 1.04. The number of aromatic nitrogens is 1. The van der Waals surface area contributed by atoms with Crippen LogP contribution in [0.1, 0.15) is 5.69 Å². The minimum Gasteiger partial charge on any atom is -0.396 e. The zero-order valence-electron chi connectivity index (χ0n) is 4.74. The summed E-state index contributed by atoms with van der Waals surface area (Å²) in [5, 5.41) is 10.7. The summed E-state index contributed by atoms with van der Waals surface area (Å²) in [7, 11) is 0. The van der Waals surface area contributed by atoms with Crippen molar-refractivity contribution in [2.75, 3.05) is 12.3 Å². The first-order valence-electron chi connectivity index (χ1n) is 2.48. The number of rotatable bonds is 2. The van der Waals surface area contributed by atoms with Gasteiger partial charge in [-0.2, -0.15) is 0 Å². The number of anilines is 1. The molecule has 4 heteroatoms. The van der Waals surface area contributed by atoms with Gasteiger partial charge in [-0.05, 0) is 0 Å². The lowest BCUT2D eigenvalue weighted by atomic mass is 10.4. The first kappa shape index (κ1) is 6.51. The summed E-state index contributed by atoms with van der Waals surface area (Å²) in [5.41, 5.74) is 6.06. The van der Waals surface area contributed by atoms with Gasteiger partial charge in [0.25, 0.3) is 0 Å². The zero-order valence-corrected chi connectivity index (χ0v) is 5.56. The van der Waals surface area contributed by atoms with E-state index in [1.807, 2.05) is 0 Å². The molecule has 1 aromatic rings. The van der Waals surface area contributed by atoms with Gasteiger partial charge < -0.3 is 10.8 Å². The Morgan fingerprint density at radius 1 is 1.89 bits per heavy atom. The molecule has 0 aromatic carbocycles. The highest BCUT2D eigenvalue weighted by molar-refractivity contribution is 7.13. The summed E-state index contributed by atoms with van der Waals surface area (Å²) < 4.78 is 0. The number of thiazole rings is 1. The summed E-state index contributed by atoms with van der Waals surface area (Å²) >= 11 is 1.37. The van der Waals surface area contributed by atoms with Gasteiger partial charge in [0.05, 0.1) is 12.3 Å². The maximum absolute atomic E-state index is 8.40. The Labute approximate surface area is 57.2 Å². The molecule has 9 heavy (non-hydrogen) atoms. The molecular formula is C5H7N2OS. The fourth-order valence-electron chi connectivity index (χ4n) is 0.488. The molecule has 49 valence electrons. The van der Waals surface area contributed by atoms with Crippen LogP contribution in [0.2, 0.25) is 0 Å². The molecule has 0 bridgehead atoms. The van der Waals surface area contributed by atoms with E-state index in [2.05, 4.69) is 4.98 Å². The summed E-state index contributed by atoms with van der Waals surface area (Å²) in [6, 6.07) is 0. The average Bonchev–Trinajstić information content (AvgIpc) is 2.17. The molecule has 0 aliphatic rings. The van der Waals surface area contributed by atoms with Crippen molar-refractivity contribution in [1.29, 1.82) is 0 Å². The van der Waals surface area contributed by atoms with Gasteiger partial charge in [0.15, 0.2) is 5.13 Å². The van der Waals surface area contributed by atoms with E-state index in [-0.39, 0.29) is 6.61 Å². The molecule has 0 saturated heterocycles. The monoisotopic (exact) mass is 143 g/mol. The second-order valence-electron chi connectivity index (χ2n) is 1.50. The standard InChI is InChI=1S/C5H7N2OS/c6-5-7-4(1-2-8)3-9-5/h1,3,8H,2H2,(H2,6,7). The Kier molecular flexibility index (Phi) is 2.02. The van der Waals surface area contributed by atoms with Crippen LogP contribution in [0.15, 0.2) is 5.38 Å². The Morgan fingerprint density at radius 2 is 2.67 bits per heavy atom. The number of hydrogen-bond donors (Lipinski definition) is 2. The van der Waals surface area contributed by atoms with Crippen molar-refractivity contribution in [3.63, 3.8) is 0 Å². The van der Waals surface area contributed by atoms with Crippen molar-refractivity contribution in [3.05, 3.63) is 17.5 Å². The maximum Gasteiger partial charge on any atom is 0.180 e. The minimum atomic E-state index is 0.0170. The molecule has 0 amide bonds. The molecule has 0 fully saturated rings. The Bertz CT molecular complexity index is 187. The van der Waals surface area contributed by atoms with Crippen LogP contribution in [0, 0.1) is 6.42 Å². The first-order valence-corrected chi connectivity index (χ1v) is 3.36. The van der Waals surface area contributed by atoms with Crippen molar-refractivity contribution in [1.82, 2.24) is 4.98 Å². The van der Waals surface area contributed by atoms with Gasteiger partial charge in [-0.3, -0.25) is 0 Å². The molecule has 0 atom stereocenters. The average molecular weight is 143 g/mol. The van der Waals surface area contributed by atoms with E-state index in [9.17, 15) is 0 Å². The lowest BCUT2D eigenvalue weighted by Gasteiger charge is -1.84. The largest absolute Gasteiger partial charge is 0.396 e. The van der Waals surface area contributed by atoms with Crippen molar-refractivity contribution >= 4 is 16.5 Å². The van der Waals surface area contributed by atoms with Gasteiger partial charge in [-0.15, -0.1) is 11.3 Å². The lowest BCUT2D eigenvalue weighted by molar-refractivity contribution is 0.331. The van der Waals surface area contributed by atoms with Gasteiger partial charge in [0, 0.05) is 11.8 Å². The highest BCUT2D eigenvalue weighted by atomic mass is 32.1. The van der Waals surface area contributed by atoms with E-state index >= 15 is 0 Å². The van der Waals surface area contributed by atoms with Crippen LogP contribution in [0.25, 0.3) is 0 Å². The van der Waals surface area contributed by atoms with E-state index in [1.165, 1.54) is 11.3 Å². The molecule has 0 aliphatic carbocycles. The minimum absolute atomic E-state index is 0.0170. The molecule has 0 aliphatic heterocycles. The fraction of sp³-hybridized carbons (Fsp3) is 0.200. The van der Waals surface area contributed by atoms with E-state index < -0.39 is 0 Å². The Hall–Kier alpha value is -0.610. The molecule has 0 spiro atoms. The molecule has 0 saturated carbocycles.